The van der Waals surface area contributed by atoms with Crippen LogP contribution in [0.3, 0.4) is 0 Å². The number of rotatable bonds is 8. The van der Waals surface area contributed by atoms with Gasteiger partial charge in [0.15, 0.2) is 11.5 Å². The first-order valence-electron chi connectivity index (χ1n) is 8.88. The molecule has 0 saturated carbocycles. The van der Waals surface area contributed by atoms with E-state index in [2.05, 4.69) is 20.1 Å². The molecule has 2 N–H and O–H groups in total. The second kappa shape index (κ2) is 8.78. The smallest absolute Gasteiger partial charge is 0.276 e. The Balaban J connectivity index is 1.80. The number of nitrogens with one attached hydrogen (secondary N) is 2. The molecule has 9 heteroatoms. The molecule has 3 aromatic rings. The lowest BCUT2D eigenvalue weighted by molar-refractivity contribution is 0.355. The third-order valence-corrected chi connectivity index (χ3v) is 5.60. The number of hydrogen-bond donors (Lipinski definition) is 2. The number of sulfonamides is 1. The van der Waals surface area contributed by atoms with E-state index in [-0.39, 0.29) is 4.90 Å². The van der Waals surface area contributed by atoms with Crippen molar-refractivity contribution in [2.75, 3.05) is 14.2 Å². The normalized spacial score (nSPS) is 11.6. The lowest BCUT2D eigenvalue weighted by Gasteiger charge is -2.09. The Hall–Kier alpha value is -3.33. The number of H-pyrrole nitrogens is 1. The van der Waals surface area contributed by atoms with Crippen LogP contribution in [0.5, 0.6) is 11.5 Å². The summed E-state index contributed by atoms with van der Waals surface area (Å²) in [6.45, 7) is 2.01. The minimum absolute atomic E-state index is 0.152. The van der Waals surface area contributed by atoms with Gasteiger partial charge in [-0.1, -0.05) is 19.1 Å². The van der Waals surface area contributed by atoms with E-state index in [0.717, 1.165) is 17.5 Å². The zero-order valence-electron chi connectivity index (χ0n) is 16.3. The highest BCUT2D eigenvalue weighted by Crippen LogP contribution is 2.32. The average molecular weight is 414 g/mol. The van der Waals surface area contributed by atoms with E-state index in [4.69, 9.17) is 9.47 Å². The number of aromatic nitrogens is 2. The lowest BCUT2D eigenvalue weighted by Crippen LogP contribution is -2.18. The summed E-state index contributed by atoms with van der Waals surface area (Å²) in [5.41, 5.74) is 3.13. The van der Waals surface area contributed by atoms with E-state index in [1.165, 1.54) is 6.21 Å². The zero-order chi connectivity index (χ0) is 20.9. The molecule has 29 heavy (non-hydrogen) atoms. The Bertz CT molecular complexity index is 1110. The highest BCUT2D eigenvalue weighted by atomic mass is 32.2. The number of hydrogen-bond acceptors (Lipinski definition) is 6. The summed E-state index contributed by atoms with van der Waals surface area (Å²) >= 11 is 0. The van der Waals surface area contributed by atoms with Crippen LogP contribution in [0.2, 0.25) is 0 Å². The fourth-order valence-corrected chi connectivity index (χ4v) is 3.53. The van der Waals surface area contributed by atoms with Crippen molar-refractivity contribution in [2.45, 2.75) is 18.2 Å². The second-order valence-electron chi connectivity index (χ2n) is 6.12. The monoisotopic (exact) mass is 414 g/mol. The highest BCUT2D eigenvalue weighted by molar-refractivity contribution is 7.89. The summed E-state index contributed by atoms with van der Waals surface area (Å²) in [7, 11) is -0.633. The first-order valence-corrected chi connectivity index (χ1v) is 10.4. The zero-order valence-corrected chi connectivity index (χ0v) is 17.2. The summed E-state index contributed by atoms with van der Waals surface area (Å²) < 4.78 is 35.3. The molecule has 0 radical (unpaired) electrons. The summed E-state index contributed by atoms with van der Waals surface area (Å²) in [5.74, 6) is 1.17. The molecule has 8 nitrogen and oxygen atoms in total. The summed E-state index contributed by atoms with van der Waals surface area (Å²) in [5, 5.41) is 10.8. The van der Waals surface area contributed by atoms with Crippen molar-refractivity contribution in [3.05, 3.63) is 59.8 Å². The molecule has 1 aromatic heterocycles. The summed E-state index contributed by atoms with van der Waals surface area (Å²) in [6.07, 6.45) is 3.79. The van der Waals surface area contributed by atoms with Crippen molar-refractivity contribution < 1.29 is 17.9 Å². The van der Waals surface area contributed by atoms with E-state index >= 15 is 0 Å². The van der Waals surface area contributed by atoms with Gasteiger partial charge in [0, 0.05) is 11.1 Å². The standard InChI is InChI=1S/C20H22N4O4S/c1-4-14-5-8-17(9-6-14)29(25,26)24-22-13-16-12-21-23-20(16)15-7-10-18(27-2)19(11-15)28-3/h5-13,24H,4H2,1-3H3,(H,21,23). The average Bonchev–Trinajstić information content (AvgIpc) is 3.21. The molecule has 0 bridgehead atoms. The van der Waals surface area contributed by atoms with Crippen LogP contribution in [0.1, 0.15) is 18.1 Å². The molecule has 0 spiro atoms. The van der Waals surface area contributed by atoms with Crippen molar-refractivity contribution in [2.24, 2.45) is 5.10 Å². The Kier molecular flexibility index (Phi) is 6.18. The molecule has 0 aliphatic rings. The van der Waals surface area contributed by atoms with Crippen molar-refractivity contribution in [3.8, 4) is 22.8 Å². The van der Waals surface area contributed by atoms with Crippen LogP contribution in [0.25, 0.3) is 11.3 Å². The number of nitrogens with zero attached hydrogens (tertiary/aromatic N) is 2. The van der Waals surface area contributed by atoms with E-state index in [9.17, 15) is 8.42 Å². The SMILES string of the molecule is CCc1ccc(S(=O)(=O)NN=Cc2cn[nH]c2-c2ccc(OC)c(OC)c2)cc1. The maximum absolute atomic E-state index is 12.4. The van der Waals surface area contributed by atoms with Gasteiger partial charge in [-0.05, 0) is 42.3 Å². The van der Waals surface area contributed by atoms with Gasteiger partial charge in [0.25, 0.3) is 10.0 Å². The molecule has 0 atom stereocenters. The number of benzene rings is 2. The second-order valence-corrected chi connectivity index (χ2v) is 7.78. The molecular formula is C20H22N4O4S. The largest absolute Gasteiger partial charge is 0.493 e. The lowest BCUT2D eigenvalue weighted by atomic mass is 10.1. The van der Waals surface area contributed by atoms with Crippen molar-refractivity contribution >= 4 is 16.2 Å². The van der Waals surface area contributed by atoms with Gasteiger partial charge in [0.2, 0.25) is 0 Å². The first-order chi connectivity index (χ1) is 14.0. The van der Waals surface area contributed by atoms with Crippen LogP contribution in [0, 0.1) is 0 Å². The van der Waals surface area contributed by atoms with Crippen LogP contribution >= 0.6 is 0 Å². The fourth-order valence-electron chi connectivity index (χ4n) is 2.74. The number of methoxy groups -OCH3 is 2. The van der Waals surface area contributed by atoms with E-state index in [1.807, 2.05) is 13.0 Å². The van der Waals surface area contributed by atoms with Gasteiger partial charge in [-0.25, -0.2) is 4.83 Å². The maximum Gasteiger partial charge on any atom is 0.276 e. The quantitative estimate of drug-likeness (QED) is 0.435. The minimum atomic E-state index is -3.75. The molecule has 0 saturated heterocycles. The Morgan fingerprint density at radius 1 is 1.10 bits per heavy atom. The third-order valence-electron chi connectivity index (χ3n) is 4.36. The van der Waals surface area contributed by atoms with Crippen molar-refractivity contribution in [1.82, 2.24) is 15.0 Å². The molecule has 0 fully saturated rings. The number of ether oxygens (including phenoxy) is 2. The molecular weight excluding hydrogens is 392 g/mol. The van der Waals surface area contributed by atoms with Crippen LogP contribution in [-0.2, 0) is 16.4 Å². The summed E-state index contributed by atoms with van der Waals surface area (Å²) in [6, 6.07) is 12.1. The van der Waals surface area contributed by atoms with Gasteiger partial charge in [-0.3, -0.25) is 5.10 Å². The molecule has 0 aliphatic heterocycles. The van der Waals surface area contributed by atoms with E-state index in [0.29, 0.717) is 22.8 Å². The van der Waals surface area contributed by atoms with Crippen molar-refractivity contribution in [3.63, 3.8) is 0 Å². The number of aromatic amines is 1. The Labute approximate surface area is 169 Å². The fraction of sp³-hybridized carbons (Fsp3) is 0.200. The van der Waals surface area contributed by atoms with Gasteiger partial charge in [0.05, 0.1) is 37.2 Å². The summed E-state index contributed by atoms with van der Waals surface area (Å²) in [4.78, 5) is 2.38. The predicted molar refractivity (Wildman–Crippen MR) is 111 cm³/mol. The first kappa shape index (κ1) is 20.4. The maximum atomic E-state index is 12.4. The van der Waals surface area contributed by atoms with Crippen LogP contribution in [0.4, 0.5) is 0 Å². The van der Waals surface area contributed by atoms with Crippen LogP contribution < -0.4 is 14.3 Å². The van der Waals surface area contributed by atoms with Crippen LogP contribution in [-0.4, -0.2) is 39.0 Å². The van der Waals surface area contributed by atoms with Gasteiger partial charge in [-0.15, -0.1) is 0 Å². The van der Waals surface area contributed by atoms with E-state index < -0.39 is 10.0 Å². The van der Waals surface area contributed by atoms with Crippen LogP contribution in [0.15, 0.2) is 58.7 Å². The topological polar surface area (TPSA) is 106 Å². The Morgan fingerprint density at radius 3 is 2.48 bits per heavy atom. The predicted octanol–water partition coefficient (Wildman–Crippen LogP) is 2.97. The minimum Gasteiger partial charge on any atom is -0.493 e. The van der Waals surface area contributed by atoms with Gasteiger partial charge in [0.1, 0.15) is 0 Å². The molecule has 0 aliphatic carbocycles. The molecule has 2 aromatic carbocycles. The number of hydrazone groups is 1. The van der Waals surface area contributed by atoms with Gasteiger partial charge in [-0.2, -0.15) is 18.6 Å². The number of aryl methyl sites for hydroxylation is 1. The van der Waals surface area contributed by atoms with Gasteiger partial charge < -0.3 is 9.47 Å². The third kappa shape index (κ3) is 4.57. The molecule has 0 unspecified atom stereocenters. The molecule has 0 amide bonds. The van der Waals surface area contributed by atoms with E-state index in [1.54, 1.807) is 56.8 Å². The van der Waals surface area contributed by atoms with Gasteiger partial charge >= 0.3 is 0 Å². The van der Waals surface area contributed by atoms with Crippen molar-refractivity contribution in [1.29, 1.82) is 0 Å². The Morgan fingerprint density at radius 2 is 1.83 bits per heavy atom. The molecule has 3 rings (SSSR count). The molecule has 1 heterocycles. The molecule has 152 valence electrons. The highest BCUT2D eigenvalue weighted by Gasteiger charge is 2.13.